The first-order chi connectivity index (χ1) is 11.7. The van der Waals surface area contributed by atoms with Gasteiger partial charge in [-0.15, -0.1) is 0 Å². The molecule has 6 heteroatoms. The second-order valence-corrected chi connectivity index (χ2v) is 7.44. The summed E-state index contributed by atoms with van der Waals surface area (Å²) in [5.74, 6) is 0.786. The molecule has 1 aromatic carbocycles. The van der Waals surface area contributed by atoms with E-state index in [9.17, 15) is 4.79 Å². The van der Waals surface area contributed by atoms with Crippen LogP contribution in [0.1, 0.15) is 33.3 Å². The quantitative estimate of drug-likeness (QED) is 0.905. The summed E-state index contributed by atoms with van der Waals surface area (Å²) in [6, 6.07) is 6.10. The normalized spacial score (nSPS) is 18.2. The maximum absolute atomic E-state index is 12.3. The first-order valence-electron chi connectivity index (χ1n) is 8.77. The van der Waals surface area contributed by atoms with Crippen LogP contribution in [-0.4, -0.2) is 61.1 Å². The highest BCUT2D eigenvalue weighted by atomic mass is 16.6. The Labute approximate surface area is 150 Å². The Bertz CT molecular complexity index is 598. The standard InChI is InChI=1S/C19H30N2O4/c1-14-13-20(9-10-21(14)18(23)25-19(2,3)4)16-7-6-15(8-11-22)17(12-16)24-5/h6-7,12,14,22H,8-11,13H2,1-5H3/t14-/m1/s1. The number of benzene rings is 1. The summed E-state index contributed by atoms with van der Waals surface area (Å²) in [7, 11) is 1.64. The van der Waals surface area contributed by atoms with E-state index in [0.29, 0.717) is 13.0 Å². The molecule has 1 fully saturated rings. The molecule has 1 amide bonds. The van der Waals surface area contributed by atoms with Crippen LogP contribution in [0.15, 0.2) is 18.2 Å². The zero-order valence-electron chi connectivity index (χ0n) is 15.9. The minimum Gasteiger partial charge on any atom is -0.496 e. The lowest BCUT2D eigenvalue weighted by Gasteiger charge is -2.41. The summed E-state index contributed by atoms with van der Waals surface area (Å²) in [6.07, 6.45) is 0.322. The number of carbonyl (C=O) groups is 1. The highest BCUT2D eigenvalue weighted by molar-refractivity contribution is 5.69. The number of piperazine rings is 1. The van der Waals surface area contributed by atoms with Gasteiger partial charge in [0.2, 0.25) is 0 Å². The van der Waals surface area contributed by atoms with Crippen LogP contribution >= 0.6 is 0 Å². The topological polar surface area (TPSA) is 62.2 Å². The van der Waals surface area contributed by atoms with E-state index in [1.54, 1.807) is 12.0 Å². The van der Waals surface area contributed by atoms with Crippen LogP contribution in [0.25, 0.3) is 0 Å². The molecule has 0 aliphatic carbocycles. The lowest BCUT2D eigenvalue weighted by atomic mass is 10.1. The number of hydrogen-bond acceptors (Lipinski definition) is 5. The van der Waals surface area contributed by atoms with Gasteiger partial charge in [0.1, 0.15) is 11.4 Å². The van der Waals surface area contributed by atoms with Crippen LogP contribution in [0.2, 0.25) is 0 Å². The van der Waals surface area contributed by atoms with Crippen LogP contribution in [-0.2, 0) is 11.2 Å². The molecule has 1 heterocycles. The first-order valence-corrected chi connectivity index (χ1v) is 8.77. The predicted octanol–water partition coefficient (Wildman–Crippen LogP) is 2.68. The Kier molecular flexibility index (Phi) is 6.16. The average Bonchev–Trinajstić information content (AvgIpc) is 2.53. The van der Waals surface area contributed by atoms with E-state index in [2.05, 4.69) is 4.90 Å². The Morgan fingerprint density at radius 2 is 2.04 bits per heavy atom. The Morgan fingerprint density at radius 3 is 2.60 bits per heavy atom. The molecule has 1 N–H and O–H groups in total. The fourth-order valence-corrected chi connectivity index (χ4v) is 3.04. The van der Waals surface area contributed by atoms with Crippen molar-refractivity contribution in [3.05, 3.63) is 23.8 Å². The second-order valence-electron chi connectivity index (χ2n) is 7.44. The number of rotatable bonds is 4. The molecule has 0 aromatic heterocycles. The Morgan fingerprint density at radius 1 is 1.32 bits per heavy atom. The van der Waals surface area contributed by atoms with E-state index in [4.69, 9.17) is 14.6 Å². The Hall–Kier alpha value is -1.95. The van der Waals surface area contributed by atoms with Crippen molar-refractivity contribution in [1.82, 2.24) is 4.90 Å². The summed E-state index contributed by atoms with van der Waals surface area (Å²) < 4.78 is 10.9. The van der Waals surface area contributed by atoms with Gasteiger partial charge in [0.25, 0.3) is 0 Å². The number of carbonyl (C=O) groups excluding carboxylic acids is 1. The van der Waals surface area contributed by atoms with Crippen molar-refractivity contribution in [3.8, 4) is 5.75 Å². The maximum Gasteiger partial charge on any atom is 0.410 e. The second kappa shape index (κ2) is 7.95. The predicted molar refractivity (Wildman–Crippen MR) is 98.4 cm³/mol. The lowest BCUT2D eigenvalue weighted by molar-refractivity contribution is 0.0159. The van der Waals surface area contributed by atoms with E-state index in [1.807, 2.05) is 45.9 Å². The molecule has 2 rings (SSSR count). The number of amides is 1. The minimum absolute atomic E-state index is 0.0618. The molecule has 0 bridgehead atoms. The third-order valence-electron chi connectivity index (χ3n) is 4.27. The summed E-state index contributed by atoms with van der Waals surface area (Å²) >= 11 is 0. The summed E-state index contributed by atoms with van der Waals surface area (Å²) in [5.41, 5.74) is 1.58. The van der Waals surface area contributed by atoms with Gasteiger partial charge in [-0.05, 0) is 45.7 Å². The average molecular weight is 350 g/mol. The van der Waals surface area contributed by atoms with Crippen LogP contribution in [0.4, 0.5) is 10.5 Å². The van der Waals surface area contributed by atoms with E-state index in [0.717, 1.165) is 30.1 Å². The zero-order valence-corrected chi connectivity index (χ0v) is 15.9. The third-order valence-corrected chi connectivity index (χ3v) is 4.27. The van der Waals surface area contributed by atoms with Gasteiger partial charge >= 0.3 is 6.09 Å². The molecule has 0 saturated carbocycles. The van der Waals surface area contributed by atoms with Crippen molar-refractivity contribution in [2.45, 2.75) is 45.8 Å². The zero-order chi connectivity index (χ0) is 18.6. The number of hydrogen-bond donors (Lipinski definition) is 1. The fraction of sp³-hybridized carbons (Fsp3) is 0.632. The molecule has 1 saturated heterocycles. The molecule has 6 nitrogen and oxygen atoms in total. The maximum atomic E-state index is 12.3. The van der Waals surface area contributed by atoms with Gasteiger partial charge in [-0.25, -0.2) is 4.79 Å². The third kappa shape index (κ3) is 5.01. The number of methoxy groups -OCH3 is 1. The lowest BCUT2D eigenvalue weighted by Crippen LogP contribution is -2.55. The number of nitrogens with zero attached hydrogens (tertiary/aromatic N) is 2. The number of aliphatic hydroxyl groups is 1. The minimum atomic E-state index is -0.482. The molecule has 1 atom stereocenters. The van der Waals surface area contributed by atoms with Gasteiger partial charge in [0.15, 0.2) is 0 Å². The van der Waals surface area contributed by atoms with Gasteiger partial charge in [0, 0.05) is 44.0 Å². The van der Waals surface area contributed by atoms with Gasteiger partial charge in [-0.1, -0.05) is 6.07 Å². The van der Waals surface area contributed by atoms with Crippen molar-refractivity contribution < 1.29 is 19.4 Å². The molecule has 1 aliphatic heterocycles. The highest BCUT2D eigenvalue weighted by Crippen LogP contribution is 2.28. The van der Waals surface area contributed by atoms with Crippen LogP contribution < -0.4 is 9.64 Å². The fourth-order valence-electron chi connectivity index (χ4n) is 3.04. The van der Waals surface area contributed by atoms with Crippen molar-refractivity contribution in [2.75, 3.05) is 38.3 Å². The SMILES string of the molecule is COc1cc(N2CCN(C(=O)OC(C)(C)C)[C@H](C)C2)ccc1CCO. The molecule has 0 spiro atoms. The largest absolute Gasteiger partial charge is 0.496 e. The number of ether oxygens (including phenoxy) is 2. The summed E-state index contributed by atoms with van der Waals surface area (Å²) in [5, 5.41) is 9.14. The monoisotopic (exact) mass is 350 g/mol. The first kappa shape index (κ1) is 19.4. The number of aliphatic hydroxyl groups excluding tert-OH is 1. The molecule has 0 unspecified atom stereocenters. The van der Waals surface area contributed by atoms with E-state index < -0.39 is 5.60 Å². The van der Waals surface area contributed by atoms with Crippen molar-refractivity contribution in [3.63, 3.8) is 0 Å². The molecular weight excluding hydrogens is 320 g/mol. The Balaban J connectivity index is 2.06. The van der Waals surface area contributed by atoms with Crippen molar-refractivity contribution >= 4 is 11.8 Å². The summed E-state index contributed by atoms with van der Waals surface area (Å²) in [4.78, 5) is 16.4. The molecule has 25 heavy (non-hydrogen) atoms. The van der Waals surface area contributed by atoms with Gasteiger partial charge in [-0.3, -0.25) is 0 Å². The van der Waals surface area contributed by atoms with E-state index >= 15 is 0 Å². The molecular formula is C19H30N2O4. The molecule has 140 valence electrons. The van der Waals surface area contributed by atoms with Crippen molar-refractivity contribution in [1.29, 1.82) is 0 Å². The van der Waals surface area contributed by atoms with Crippen LogP contribution in [0.5, 0.6) is 5.75 Å². The highest BCUT2D eigenvalue weighted by Gasteiger charge is 2.31. The molecule has 1 aromatic rings. The molecule has 1 aliphatic rings. The summed E-state index contributed by atoms with van der Waals surface area (Å²) in [6.45, 7) is 9.88. The van der Waals surface area contributed by atoms with Gasteiger partial charge in [0.05, 0.1) is 7.11 Å². The van der Waals surface area contributed by atoms with Crippen LogP contribution in [0, 0.1) is 0 Å². The van der Waals surface area contributed by atoms with Gasteiger partial charge < -0.3 is 24.4 Å². The molecule has 0 radical (unpaired) electrons. The van der Waals surface area contributed by atoms with Crippen molar-refractivity contribution in [2.24, 2.45) is 0 Å². The van der Waals surface area contributed by atoms with Gasteiger partial charge in [-0.2, -0.15) is 0 Å². The van der Waals surface area contributed by atoms with Crippen LogP contribution in [0.3, 0.4) is 0 Å². The number of anilines is 1. The smallest absolute Gasteiger partial charge is 0.410 e. The van der Waals surface area contributed by atoms with E-state index in [1.165, 1.54) is 0 Å². The van der Waals surface area contributed by atoms with E-state index in [-0.39, 0.29) is 18.7 Å².